The summed E-state index contributed by atoms with van der Waals surface area (Å²) in [5, 5.41) is 4.59. The van der Waals surface area contributed by atoms with E-state index in [1.807, 2.05) is 26.8 Å². The molecular formula is C25H40FN7. The summed E-state index contributed by atoms with van der Waals surface area (Å²) in [6, 6.07) is 4.11. The van der Waals surface area contributed by atoms with Crippen LogP contribution < -0.4 is 16.9 Å². The number of allylic oxidation sites excluding steroid dienone is 2. The lowest BCUT2D eigenvalue weighted by Crippen LogP contribution is -2.34. The molecule has 1 heterocycles. The van der Waals surface area contributed by atoms with E-state index in [4.69, 9.17) is 16.6 Å². The molecule has 0 amide bonds. The highest BCUT2D eigenvalue weighted by Crippen LogP contribution is 2.28. The Kier molecular flexibility index (Phi) is 10.7. The molecule has 7 nitrogen and oxygen atoms in total. The van der Waals surface area contributed by atoms with E-state index in [0.29, 0.717) is 29.3 Å². The fraction of sp³-hybridized carbons (Fsp3) is 0.560. The van der Waals surface area contributed by atoms with Gasteiger partial charge in [0.25, 0.3) is 0 Å². The van der Waals surface area contributed by atoms with Crippen LogP contribution in [0.2, 0.25) is 0 Å². The van der Waals surface area contributed by atoms with Crippen LogP contribution in [0.15, 0.2) is 39.3 Å². The molecule has 0 unspecified atom stereocenters. The predicted molar refractivity (Wildman–Crippen MR) is 136 cm³/mol. The molecule has 182 valence electrons. The summed E-state index contributed by atoms with van der Waals surface area (Å²) in [6.07, 6.45) is 8.88. The first-order chi connectivity index (χ1) is 15.7. The maximum absolute atomic E-state index is 14.1. The molecule has 1 fully saturated rings. The zero-order valence-electron chi connectivity index (χ0n) is 20.6. The highest BCUT2D eigenvalue weighted by Gasteiger charge is 2.17. The monoisotopic (exact) mass is 457 g/mol. The fourth-order valence-electron chi connectivity index (χ4n) is 4.18. The Hall–Kier alpha value is -2.58. The molecule has 1 saturated carbocycles. The normalized spacial score (nSPS) is 16.7. The Bertz CT molecular complexity index is 881. The van der Waals surface area contributed by atoms with Crippen LogP contribution in [0.5, 0.6) is 0 Å². The van der Waals surface area contributed by atoms with Gasteiger partial charge in [-0.05, 0) is 43.5 Å². The number of aryl methyl sites for hydroxylation is 1. The van der Waals surface area contributed by atoms with Crippen molar-refractivity contribution in [2.45, 2.75) is 59.3 Å². The van der Waals surface area contributed by atoms with Gasteiger partial charge in [0.05, 0.1) is 35.7 Å². The van der Waals surface area contributed by atoms with Gasteiger partial charge in [-0.1, -0.05) is 52.0 Å². The lowest BCUT2D eigenvalue weighted by molar-refractivity contribution is 0.356. The third-order valence-corrected chi connectivity index (χ3v) is 6.10. The number of rotatable bonds is 11. The Labute approximate surface area is 197 Å². The van der Waals surface area contributed by atoms with Gasteiger partial charge in [-0.2, -0.15) is 0 Å². The Morgan fingerprint density at radius 1 is 1.33 bits per heavy atom. The Morgan fingerprint density at radius 2 is 2.03 bits per heavy atom. The van der Waals surface area contributed by atoms with Crippen LogP contribution in [-0.2, 0) is 6.42 Å². The zero-order valence-corrected chi connectivity index (χ0v) is 20.6. The van der Waals surface area contributed by atoms with Gasteiger partial charge < -0.3 is 10.7 Å². The second-order valence-corrected chi connectivity index (χ2v) is 9.06. The second-order valence-electron chi connectivity index (χ2n) is 9.06. The molecule has 0 aliphatic heterocycles. The van der Waals surface area contributed by atoms with E-state index in [1.165, 1.54) is 42.7 Å². The lowest BCUT2D eigenvalue weighted by atomic mass is 9.84. The zero-order chi connectivity index (χ0) is 24.4. The number of aromatic nitrogens is 1. The van der Waals surface area contributed by atoms with Gasteiger partial charge in [-0.25, -0.2) is 10.2 Å². The minimum Gasteiger partial charge on any atom is -0.395 e. The lowest BCUT2D eigenvalue weighted by Gasteiger charge is -2.23. The Balaban J connectivity index is 2.05. The topological polar surface area (TPSA) is 105 Å². The Morgan fingerprint density at radius 3 is 2.61 bits per heavy atom. The number of nitrogens with one attached hydrogen (secondary N) is 1. The van der Waals surface area contributed by atoms with Gasteiger partial charge in [0.1, 0.15) is 0 Å². The van der Waals surface area contributed by atoms with Crippen LogP contribution >= 0.6 is 0 Å². The molecule has 1 aliphatic rings. The number of nitrogens with zero attached hydrogens (tertiary/aromatic N) is 4. The standard InChI is InChI=1S/C25H40FN7/c1-17(2)25(29-4)21(26)14-30-16-31-15-23(33(5)28)24(27)22-12-11-20(18(3)32-22)13-19-9-7-6-8-10-19/h11-12,14,17,19,31H,4,6-10,13,15-16,27-28H2,1-3,5H3/b24-23-,25-21+,30-14?. The third-order valence-electron chi connectivity index (χ3n) is 6.10. The summed E-state index contributed by atoms with van der Waals surface area (Å²) in [7, 11) is 1.73. The van der Waals surface area contributed by atoms with Crippen LogP contribution in [0.4, 0.5) is 4.39 Å². The molecular weight excluding hydrogens is 417 g/mol. The minimum atomic E-state index is -0.485. The summed E-state index contributed by atoms with van der Waals surface area (Å²) in [5.41, 5.74) is 10.9. The number of hydrazine groups is 1. The van der Waals surface area contributed by atoms with Gasteiger partial charge in [0, 0.05) is 19.3 Å². The molecule has 0 saturated heterocycles. The van der Waals surface area contributed by atoms with Crippen LogP contribution in [0, 0.1) is 18.8 Å². The molecule has 1 aromatic heterocycles. The van der Waals surface area contributed by atoms with Crippen molar-refractivity contribution >= 4 is 18.6 Å². The molecule has 0 spiro atoms. The summed E-state index contributed by atoms with van der Waals surface area (Å²) < 4.78 is 14.1. The van der Waals surface area contributed by atoms with Gasteiger partial charge in [-0.15, -0.1) is 0 Å². The highest BCUT2D eigenvalue weighted by atomic mass is 19.1. The van der Waals surface area contributed by atoms with Crippen LogP contribution in [0.25, 0.3) is 5.70 Å². The average Bonchev–Trinajstić information content (AvgIpc) is 2.77. The molecule has 8 heteroatoms. The van der Waals surface area contributed by atoms with Gasteiger partial charge >= 0.3 is 0 Å². The number of pyridine rings is 1. The first-order valence-corrected chi connectivity index (χ1v) is 11.7. The number of halogens is 1. The van der Waals surface area contributed by atoms with Gasteiger partial charge in [-0.3, -0.25) is 20.3 Å². The van der Waals surface area contributed by atoms with Gasteiger partial charge in [0.15, 0.2) is 5.83 Å². The fourth-order valence-corrected chi connectivity index (χ4v) is 4.18. The van der Waals surface area contributed by atoms with E-state index in [-0.39, 0.29) is 12.6 Å². The summed E-state index contributed by atoms with van der Waals surface area (Å²) >= 11 is 0. The van der Waals surface area contributed by atoms with Crippen molar-refractivity contribution in [3.63, 3.8) is 0 Å². The number of hydrogen-bond donors (Lipinski definition) is 3. The molecule has 0 bridgehead atoms. The molecule has 1 aliphatic carbocycles. The first-order valence-electron chi connectivity index (χ1n) is 11.7. The molecule has 0 atom stereocenters. The molecule has 2 rings (SSSR count). The second kappa shape index (κ2) is 13.2. The first kappa shape index (κ1) is 26.7. The van der Waals surface area contributed by atoms with Crippen LogP contribution in [0.1, 0.15) is 62.9 Å². The predicted octanol–water partition coefficient (Wildman–Crippen LogP) is 4.10. The maximum atomic E-state index is 14.1. The van der Waals surface area contributed by atoms with E-state index >= 15 is 0 Å². The molecule has 1 aromatic rings. The molecule has 5 N–H and O–H groups in total. The molecule has 0 radical (unpaired) electrons. The maximum Gasteiger partial charge on any atom is 0.162 e. The van der Waals surface area contributed by atoms with Crippen LogP contribution in [0.3, 0.4) is 0 Å². The van der Waals surface area contributed by atoms with E-state index in [2.05, 4.69) is 28.1 Å². The quantitative estimate of drug-likeness (QED) is 0.201. The van der Waals surface area contributed by atoms with Crippen molar-refractivity contribution in [1.29, 1.82) is 0 Å². The van der Waals surface area contributed by atoms with Crippen LogP contribution in [-0.4, -0.2) is 43.2 Å². The largest absolute Gasteiger partial charge is 0.395 e. The van der Waals surface area contributed by atoms with Crippen molar-refractivity contribution in [1.82, 2.24) is 15.3 Å². The third kappa shape index (κ3) is 8.05. The number of hydrogen-bond acceptors (Lipinski definition) is 7. The average molecular weight is 458 g/mol. The van der Waals surface area contributed by atoms with Crippen molar-refractivity contribution in [3.8, 4) is 0 Å². The SMILES string of the molecule is C=N/C(=C(/F)C=NCNC/C(=C(/N)c1ccc(CC2CCCCC2)c(C)n1)N(C)N)C(C)C. The van der Waals surface area contributed by atoms with E-state index in [9.17, 15) is 4.39 Å². The van der Waals surface area contributed by atoms with E-state index in [1.54, 1.807) is 7.05 Å². The highest BCUT2D eigenvalue weighted by molar-refractivity contribution is 5.77. The smallest absolute Gasteiger partial charge is 0.162 e. The number of nitrogens with two attached hydrogens (primary N) is 2. The van der Waals surface area contributed by atoms with Crippen molar-refractivity contribution in [2.75, 3.05) is 20.3 Å². The number of aliphatic imine (C=N–C) groups is 2. The van der Waals surface area contributed by atoms with E-state index in [0.717, 1.165) is 24.2 Å². The van der Waals surface area contributed by atoms with Gasteiger partial charge in [0.2, 0.25) is 0 Å². The van der Waals surface area contributed by atoms with Crippen molar-refractivity contribution in [3.05, 3.63) is 46.3 Å². The molecule has 33 heavy (non-hydrogen) atoms. The summed E-state index contributed by atoms with van der Waals surface area (Å²) in [5.74, 6) is 6.23. The summed E-state index contributed by atoms with van der Waals surface area (Å²) in [4.78, 5) is 12.6. The number of likely N-dealkylation sites (N-methyl/N-ethyl adjacent to an activating group) is 1. The molecule has 0 aromatic carbocycles. The minimum absolute atomic E-state index is 0.0628. The summed E-state index contributed by atoms with van der Waals surface area (Å²) in [6.45, 7) is 9.72. The van der Waals surface area contributed by atoms with Crippen molar-refractivity contribution in [2.24, 2.45) is 33.4 Å². The van der Waals surface area contributed by atoms with E-state index < -0.39 is 5.83 Å². The van der Waals surface area contributed by atoms with Crippen molar-refractivity contribution < 1.29 is 4.39 Å².